The van der Waals surface area contributed by atoms with Crippen LogP contribution in [0.2, 0.25) is 0 Å². The van der Waals surface area contributed by atoms with Gasteiger partial charge in [0.25, 0.3) is 11.4 Å². The predicted octanol–water partition coefficient (Wildman–Crippen LogP) is 21.1. The molecule has 11 rings (SSSR count). The first kappa shape index (κ1) is 59.6. The molecule has 8 aromatic carbocycles. The van der Waals surface area contributed by atoms with Crippen LogP contribution in [-0.4, -0.2) is 15.6 Å². The third kappa shape index (κ3) is 11.7. The first-order valence-corrected chi connectivity index (χ1v) is 29.2. The van der Waals surface area contributed by atoms with Gasteiger partial charge in [-0.25, -0.2) is 13.8 Å². The van der Waals surface area contributed by atoms with Crippen molar-refractivity contribution in [2.75, 3.05) is 0 Å². The van der Waals surface area contributed by atoms with Crippen molar-refractivity contribution >= 4 is 50.6 Å². The van der Waals surface area contributed by atoms with Crippen molar-refractivity contribution in [3.05, 3.63) is 215 Å². The van der Waals surface area contributed by atoms with Gasteiger partial charge in [0.1, 0.15) is 23.1 Å². The summed E-state index contributed by atoms with van der Waals surface area (Å²) in [7, 11) is 0. The maximum atomic E-state index is 15.7. The fraction of sp³-hybridized carbons (Fsp3) is 0.289. The molecule has 428 valence electrons. The largest absolute Gasteiger partial charge is 2.00 e. The number of aromatic nitrogens is 2. The van der Waals surface area contributed by atoms with E-state index in [1.807, 2.05) is 29.0 Å². The Labute approximate surface area is 510 Å². The van der Waals surface area contributed by atoms with Crippen LogP contribution in [0.15, 0.2) is 158 Å². The van der Waals surface area contributed by atoms with Crippen LogP contribution in [0.4, 0.5) is 31.5 Å². The third-order valence-electron chi connectivity index (χ3n) is 16.2. The van der Waals surface area contributed by atoms with Crippen LogP contribution in [0.3, 0.4) is 0 Å². The third-order valence-corrected chi connectivity index (χ3v) is 16.2. The summed E-state index contributed by atoms with van der Waals surface area (Å²) in [5.74, 6) is 0.994. The molecule has 1 aliphatic rings. The average molecular weight is 1290 g/mol. The molecule has 0 bridgehead atoms. The van der Waals surface area contributed by atoms with Crippen molar-refractivity contribution in [2.24, 2.45) is 0 Å². The Morgan fingerprint density at radius 2 is 1.02 bits per heavy atom. The van der Waals surface area contributed by atoms with E-state index in [1.165, 1.54) is 39.9 Å². The number of fused-ring (bicyclic) bond motifs is 4. The van der Waals surface area contributed by atoms with Gasteiger partial charge in [-0.05, 0) is 136 Å². The van der Waals surface area contributed by atoms with Gasteiger partial charge in [-0.3, -0.25) is 0 Å². The van der Waals surface area contributed by atoms with E-state index in [0.29, 0.717) is 28.3 Å². The second-order valence-corrected chi connectivity index (χ2v) is 27.4. The Hall–Kier alpha value is -7.56. The Balaban J connectivity index is 0.00000786. The summed E-state index contributed by atoms with van der Waals surface area (Å²) in [4.78, 5) is 4.94. The van der Waals surface area contributed by atoms with Crippen molar-refractivity contribution in [3.8, 4) is 50.7 Å². The minimum absolute atomic E-state index is 0. The zero-order valence-electron chi connectivity index (χ0n) is 51.4. The summed E-state index contributed by atoms with van der Waals surface area (Å²) >= 11 is 0. The normalized spacial score (nSPS) is 13.0. The molecule has 0 atom stereocenters. The molecule has 2 aromatic heterocycles. The number of hydrogen-bond donors (Lipinski definition) is 0. The van der Waals surface area contributed by atoms with E-state index in [1.54, 1.807) is 0 Å². The van der Waals surface area contributed by atoms with Crippen molar-refractivity contribution in [1.82, 2.24) is 18.7 Å². The number of benzene rings is 8. The van der Waals surface area contributed by atoms with E-state index in [9.17, 15) is 0 Å². The second kappa shape index (κ2) is 22.1. The molecule has 0 fully saturated rings. The van der Waals surface area contributed by atoms with Gasteiger partial charge >= 0.3 is 27.1 Å². The molecule has 84 heavy (non-hydrogen) atoms. The van der Waals surface area contributed by atoms with Crippen LogP contribution in [0.1, 0.15) is 156 Å². The molecule has 1 aliphatic heterocycles. The van der Waals surface area contributed by atoms with Crippen LogP contribution in [0, 0.1) is 23.8 Å². The minimum atomic E-state index is -0.651. The number of hydrogen-bond acceptors (Lipinski definition) is 2. The average Bonchev–Trinajstić information content (AvgIpc) is 2.06. The number of rotatable bonds is 10. The van der Waals surface area contributed by atoms with Crippen LogP contribution >= 0.6 is 0 Å². The molecular formula is C76H76F2N4OPt+2. The van der Waals surface area contributed by atoms with E-state index in [0.717, 1.165) is 78.6 Å². The molecular weight excluding hydrogens is 1220 g/mol. The maximum absolute atomic E-state index is 15.7. The van der Waals surface area contributed by atoms with Crippen LogP contribution in [0.25, 0.3) is 61.0 Å². The zero-order chi connectivity index (χ0) is 59.2. The number of halogens is 2. The molecule has 5 nitrogen and oxygen atoms in total. The topological polar surface area (TPSA) is 33.1 Å². The molecule has 3 heterocycles. The Kier molecular flexibility index (Phi) is 15.7. The van der Waals surface area contributed by atoms with Crippen LogP contribution in [0.5, 0.6) is 11.5 Å². The van der Waals surface area contributed by atoms with E-state index in [2.05, 4.69) is 253 Å². The molecule has 0 saturated heterocycles. The minimum Gasteiger partial charge on any atom is -0.509 e. The van der Waals surface area contributed by atoms with Gasteiger partial charge in [-0.15, -0.1) is 29.1 Å². The first-order valence-electron chi connectivity index (χ1n) is 29.2. The van der Waals surface area contributed by atoms with E-state index >= 15 is 8.78 Å². The first-order chi connectivity index (χ1) is 39.1. The zero-order valence-corrected chi connectivity index (χ0v) is 53.7. The number of nitrogens with zero attached hydrogens (tertiary/aromatic N) is 4. The van der Waals surface area contributed by atoms with E-state index < -0.39 is 11.6 Å². The van der Waals surface area contributed by atoms with Crippen LogP contribution < -0.4 is 13.9 Å². The summed E-state index contributed by atoms with van der Waals surface area (Å²) in [6.45, 7) is 35.6. The monoisotopic (exact) mass is 1290 g/mol. The molecule has 0 spiro atoms. The van der Waals surface area contributed by atoms with Crippen molar-refractivity contribution in [3.63, 3.8) is 0 Å². The fourth-order valence-corrected chi connectivity index (χ4v) is 11.2. The van der Waals surface area contributed by atoms with Crippen LogP contribution in [-0.2, 0) is 42.7 Å². The van der Waals surface area contributed by atoms with Gasteiger partial charge in [0, 0.05) is 41.4 Å². The molecule has 0 amide bonds. The summed E-state index contributed by atoms with van der Waals surface area (Å²) in [6.07, 6.45) is 1.89. The van der Waals surface area contributed by atoms with Gasteiger partial charge in [0.2, 0.25) is 5.69 Å². The summed E-state index contributed by atoms with van der Waals surface area (Å²) in [5, 5.41) is 2.13. The standard InChI is InChI=1S/C76H76F2N4O.Pt/c1-46(2)48-29-49(47(3)4)31-52(30-48)65-39-57(76(14,15)16)40-66(53-34-58(77)42-59(78)35-53)72(65)81-45-80(68-23-19-20-24-69(68)81)60-36-51(50-32-55(74(8,9)10)38-56(33-50)75(11,12)13)37-62(43-60)83-61-25-26-64-63-21-17-18-22-67(63)82(70(64)44-61)71-41-54(27-28-79-71)73(5,6)7;/h17-42,46-47H,1-16H3;/q;+2. The summed E-state index contributed by atoms with van der Waals surface area (Å²) < 4.78 is 44.8. The fourth-order valence-electron chi connectivity index (χ4n) is 11.2. The summed E-state index contributed by atoms with van der Waals surface area (Å²) in [5.41, 5.74) is 16.3. The Morgan fingerprint density at radius 3 is 1.61 bits per heavy atom. The summed E-state index contributed by atoms with van der Waals surface area (Å²) in [6, 6.07) is 62.6. The SMILES string of the molecule is CC(C)c1cc(-c2cc(C(C)(C)C)cc(-c3cc(F)cc(F)c3)c2[N+]2=C=[N+](c3[c-]c(Oc4[c-]c5c(cc4)c4ccccc4n5-c4cc(C(C)(C)C)ccn4)cc(-c4cc(C(C)(C)C)cc(C(C)(C)C)c4)c3)c3ccccc32)cc(C(C)C)c1.[Pt+2]. The van der Waals surface area contributed by atoms with Gasteiger partial charge < -0.3 is 9.30 Å². The predicted molar refractivity (Wildman–Crippen MR) is 343 cm³/mol. The quantitative estimate of drug-likeness (QED) is 0.101. The van der Waals surface area contributed by atoms with E-state index in [-0.39, 0.29) is 54.6 Å². The molecule has 0 saturated carbocycles. The number of ether oxygens (including phenoxy) is 1. The molecule has 8 heteroatoms. The van der Waals surface area contributed by atoms with Gasteiger partial charge in [-0.2, -0.15) is 6.07 Å². The second-order valence-electron chi connectivity index (χ2n) is 27.4. The molecule has 10 aromatic rings. The smallest absolute Gasteiger partial charge is 0.509 e. The van der Waals surface area contributed by atoms with Crippen molar-refractivity contribution < 1.29 is 34.6 Å². The van der Waals surface area contributed by atoms with Crippen molar-refractivity contribution in [2.45, 2.75) is 144 Å². The molecule has 0 unspecified atom stereocenters. The molecule has 0 radical (unpaired) electrons. The van der Waals surface area contributed by atoms with Gasteiger partial charge in [-0.1, -0.05) is 200 Å². The Bertz CT molecular complexity index is 4220. The van der Waals surface area contributed by atoms with Crippen molar-refractivity contribution in [1.29, 1.82) is 0 Å². The van der Waals surface area contributed by atoms with Gasteiger partial charge in [0.15, 0.2) is 0 Å². The number of para-hydroxylation sites is 3. The Morgan fingerprint density at radius 1 is 0.488 bits per heavy atom. The van der Waals surface area contributed by atoms with E-state index in [4.69, 9.17) is 9.72 Å². The molecule has 0 aliphatic carbocycles. The molecule has 0 N–H and O–H groups in total. The van der Waals surface area contributed by atoms with Gasteiger partial charge in [0.05, 0.1) is 11.1 Å². The maximum Gasteiger partial charge on any atom is 2.00 e. The number of pyridine rings is 1.